The number of primary amides is 1. The van der Waals surface area contributed by atoms with Gasteiger partial charge in [0.1, 0.15) is 18.2 Å². The zero-order valence-electron chi connectivity index (χ0n) is 11.5. The van der Waals surface area contributed by atoms with Crippen molar-refractivity contribution in [1.82, 2.24) is 10.6 Å². The number of aliphatic carboxylic acids is 1. The van der Waals surface area contributed by atoms with Gasteiger partial charge >= 0.3 is 12.0 Å². The van der Waals surface area contributed by atoms with Gasteiger partial charge < -0.3 is 41.9 Å². The highest BCUT2D eigenvalue weighted by Gasteiger charge is 2.25. The first-order valence-electron chi connectivity index (χ1n) is 6.44. The molecule has 0 aliphatic heterocycles. The zero-order valence-corrected chi connectivity index (χ0v) is 11.5. The fourth-order valence-corrected chi connectivity index (χ4v) is 1.58. The minimum Gasteiger partial charge on any atom is -0.480 e. The highest BCUT2D eigenvalue weighted by molar-refractivity contribution is 5.73. The first-order valence-corrected chi connectivity index (χ1v) is 6.44. The molecule has 21 heavy (non-hydrogen) atoms. The summed E-state index contributed by atoms with van der Waals surface area (Å²) in [6, 6.07) is -1.70. The number of amides is 2. The molecular formula is C11H23N3O7. The summed E-state index contributed by atoms with van der Waals surface area (Å²) in [6.07, 6.45) is -4.01. The van der Waals surface area contributed by atoms with Crippen molar-refractivity contribution < 1.29 is 35.1 Å². The van der Waals surface area contributed by atoms with Gasteiger partial charge in [-0.3, -0.25) is 4.79 Å². The summed E-state index contributed by atoms with van der Waals surface area (Å²) in [6.45, 7) is -0.785. The van der Waals surface area contributed by atoms with Crippen LogP contribution < -0.4 is 16.4 Å². The largest absolute Gasteiger partial charge is 0.480 e. The summed E-state index contributed by atoms with van der Waals surface area (Å²) in [5.41, 5.74) is 4.86. The molecule has 0 aliphatic carbocycles. The Balaban J connectivity index is 4.14. The Bertz CT molecular complexity index is 329. The van der Waals surface area contributed by atoms with E-state index in [2.05, 4.69) is 10.6 Å². The van der Waals surface area contributed by atoms with Gasteiger partial charge in [-0.05, 0) is 12.8 Å². The number of carboxylic acid groups (broad SMARTS) is 1. The maximum Gasteiger partial charge on any atom is 0.320 e. The monoisotopic (exact) mass is 309 g/mol. The summed E-state index contributed by atoms with van der Waals surface area (Å²) < 4.78 is 0. The number of aliphatic hydroxyl groups is 4. The second-order valence-corrected chi connectivity index (χ2v) is 4.54. The molecule has 0 saturated heterocycles. The lowest BCUT2D eigenvalue weighted by Gasteiger charge is -2.23. The number of urea groups is 1. The first-order chi connectivity index (χ1) is 9.79. The third-order valence-corrected chi connectivity index (χ3v) is 2.82. The molecule has 0 aromatic carbocycles. The fourth-order valence-electron chi connectivity index (χ4n) is 1.58. The molecule has 0 bridgehead atoms. The number of aliphatic hydroxyl groups excluding tert-OH is 4. The second kappa shape index (κ2) is 10.3. The van der Waals surface area contributed by atoms with Crippen LogP contribution >= 0.6 is 0 Å². The lowest BCUT2D eigenvalue weighted by atomic mass is 10.1. The number of carboxylic acids is 1. The average molecular weight is 309 g/mol. The van der Waals surface area contributed by atoms with Gasteiger partial charge in [-0.1, -0.05) is 0 Å². The van der Waals surface area contributed by atoms with Crippen LogP contribution in [0.15, 0.2) is 0 Å². The van der Waals surface area contributed by atoms with E-state index in [1.807, 2.05) is 0 Å². The minimum absolute atomic E-state index is 0.168. The van der Waals surface area contributed by atoms with E-state index in [1.54, 1.807) is 0 Å². The Labute approximate surface area is 121 Å². The van der Waals surface area contributed by atoms with Gasteiger partial charge in [-0.2, -0.15) is 0 Å². The number of carbonyl (C=O) groups is 2. The molecule has 0 heterocycles. The quantitative estimate of drug-likeness (QED) is 0.181. The van der Waals surface area contributed by atoms with Crippen LogP contribution in [0.4, 0.5) is 4.79 Å². The molecule has 0 aromatic rings. The lowest BCUT2D eigenvalue weighted by Crippen LogP contribution is -2.48. The molecule has 2 amide bonds. The molecule has 0 aliphatic rings. The summed E-state index contributed by atoms with van der Waals surface area (Å²) in [5, 5.41) is 50.5. The molecule has 0 aromatic heterocycles. The van der Waals surface area contributed by atoms with Crippen LogP contribution in [-0.2, 0) is 4.79 Å². The molecule has 0 saturated carbocycles. The van der Waals surface area contributed by atoms with Gasteiger partial charge in [0, 0.05) is 13.1 Å². The molecular weight excluding hydrogens is 286 g/mol. The maximum atomic E-state index is 11.0. The predicted octanol–water partition coefficient (Wildman–Crippen LogP) is -3.45. The molecule has 3 unspecified atom stereocenters. The second-order valence-electron chi connectivity index (χ2n) is 4.54. The van der Waals surface area contributed by atoms with Crippen molar-refractivity contribution >= 4 is 12.0 Å². The first kappa shape index (κ1) is 19.5. The molecule has 0 spiro atoms. The molecule has 10 heteroatoms. The fraction of sp³-hybridized carbons (Fsp3) is 0.818. The summed E-state index contributed by atoms with van der Waals surface area (Å²) >= 11 is 0. The minimum atomic E-state index is -1.59. The van der Waals surface area contributed by atoms with E-state index in [-0.39, 0.29) is 19.5 Å². The Morgan fingerprint density at radius 2 is 1.76 bits per heavy atom. The van der Waals surface area contributed by atoms with E-state index in [0.717, 1.165) is 0 Å². The molecule has 0 radical (unpaired) electrons. The van der Waals surface area contributed by atoms with Crippen molar-refractivity contribution in [2.45, 2.75) is 37.2 Å². The van der Waals surface area contributed by atoms with Gasteiger partial charge in [-0.15, -0.1) is 0 Å². The molecule has 9 N–H and O–H groups in total. The van der Waals surface area contributed by atoms with Crippen LogP contribution in [0.3, 0.4) is 0 Å². The predicted molar refractivity (Wildman–Crippen MR) is 71.4 cm³/mol. The topological polar surface area (TPSA) is 185 Å². The summed E-state index contributed by atoms with van der Waals surface area (Å²) in [7, 11) is 0. The SMILES string of the molecule is NC(=O)NCCC[C@H](NCC(O)C(O)C(O)CO)C(=O)O. The van der Waals surface area contributed by atoms with Crippen molar-refractivity contribution in [1.29, 1.82) is 0 Å². The number of rotatable bonds is 11. The van der Waals surface area contributed by atoms with Crippen molar-refractivity contribution in [3.05, 3.63) is 0 Å². The van der Waals surface area contributed by atoms with Crippen molar-refractivity contribution in [3.63, 3.8) is 0 Å². The normalized spacial score (nSPS) is 16.8. The Hall–Kier alpha value is -1.46. The van der Waals surface area contributed by atoms with Gasteiger partial charge in [0.15, 0.2) is 0 Å². The van der Waals surface area contributed by atoms with Gasteiger partial charge in [0.2, 0.25) is 0 Å². The number of hydrogen-bond acceptors (Lipinski definition) is 7. The van der Waals surface area contributed by atoms with Crippen LogP contribution in [0.2, 0.25) is 0 Å². The van der Waals surface area contributed by atoms with Gasteiger partial charge in [0.25, 0.3) is 0 Å². The molecule has 0 rings (SSSR count). The number of carbonyl (C=O) groups excluding carboxylic acids is 1. The molecule has 10 nitrogen and oxygen atoms in total. The van der Waals surface area contributed by atoms with Gasteiger partial charge in [0.05, 0.1) is 12.7 Å². The summed E-state index contributed by atoms with van der Waals surface area (Å²) in [5.74, 6) is -1.15. The zero-order chi connectivity index (χ0) is 16.4. The number of nitrogens with two attached hydrogens (primary N) is 1. The highest BCUT2D eigenvalue weighted by Crippen LogP contribution is 2.02. The number of hydrogen-bond donors (Lipinski definition) is 8. The van der Waals surface area contributed by atoms with Crippen molar-refractivity contribution in [2.75, 3.05) is 19.7 Å². The van der Waals surface area contributed by atoms with E-state index >= 15 is 0 Å². The smallest absolute Gasteiger partial charge is 0.320 e. The third kappa shape index (κ3) is 8.42. The Kier molecular flexibility index (Phi) is 9.58. The van der Waals surface area contributed by atoms with E-state index in [4.69, 9.17) is 21.1 Å². The van der Waals surface area contributed by atoms with E-state index in [0.29, 0.717) is 6.42 Å². The van der Waals surface area contributed by atoms with Crippen LogP contribution in [0.25, 0.3) is 0 Å². The van der Waals surface area contributed by atoms with Crippen LogP contribution in [0.5, 0.6) is 0 Å². The summed E-state index contributed by atoms with van der Waals surface area (Å²) in [4.78, 5) is 21.4. The Morgan fingerprint density at radius 3 is 2.24 bits per heavy atom. The standard InChI is InChI=1S/C11H23N3O7/c12-11(21)13-3-1-2-6(10(19)20)14-4-7(16)9(18)8(17)5-15/h6-9,14-18H,1-5H2,(H,19,20)(H3,12,13,21)/t6-,7?,8?,9?/m0/s1. The van der Waals surface area contributed by atoms with Crippen LogP contribution in [-0.4, -0.2) is 81.6 Å². The highest BCUT2D eigenvalue weighted by atomic mass is 16.4. The maximum absolute atomic E-state index is 11.0. The number of nitrogens with one attached hydrogen (secondary N) is 2. The lowest BCUT2D eigenvalue weighted by molar-refractivity contribution is -0.140. The third-order valence-electron chi connectivity index (χ3n) is 2.82. The van der Waals surface area contributed by atoms with Crippen molar-refractivity contribution in [2.24, 2.45) is 5.73 Å². The van der Waals surface area contributed by atoms with Crippen LogP contribution in [0, 0.1) is 0 Å². The molecule has 124 valence electrons. The molecule has 0 fully saturated rings. The van der Waals surface area contributed by atoms with E-state index in [9.17, 15) is 19.8 Å². The van der Waals surface area contributed by atoms with Crippen molar-refractivity contribution in [3.8, 4) is 0 Å². The molecule has 4 atom stereocenters. The van der Waals surface area contributed by atoms with E-state index in [1.165, 1.54) is 0 Å². The van der Waals surface area contributed by atoms with Crippen LogP contribution in [0.1, 0.15) is 12.8 Å². The average Bonchev–Trinajstić information content (AvgIpc) is 2.43. The Morgan fingerprint density at radius 1 is 1.14 bits per heavy atom. The van der Waals surface area contributed by atoms with E-state index < -0.39 is 43.0 Å². The van der Waals surface area contributed by atoms with Gasteiger partial charge in [-0.25, -0.2) is 4.79 Å².